The number of benzene rings is 1. The second-order valence-electron chi connectivity index (χ2n) is 7.57. The molecule has 0 aliphatic carbocycles. The summed E-state index contributed by atoms with van der Waals surface area (Å²) in [7, 11) is 1.61. The van der Waals surface area contributed by atoms with E-state index in [1.54, 1.807) is 29.3 Å². The normalized spacial score (nSPS) is 17.5. The number of pyridine rings is 1. The monoisotopic (exact) mass is 409 g/mol. The molecule has 2 aromatic rings. The molecule has 2 aliphatic heterocycles. The molecule has 3 heterocycles. The maximum absolute atomic E-state index is 12.8. The number of hydrogen-bond donors (Lipinski definition) is 0. The molecule has 2 aliphatic rings. The minimum absolute atomic E-state index is 0.0171. The van der Waals surface area contributed by atoms with Gasteiger partial charge in [-0.2, -0.15) is 0 Å². The van der Waals surface area contributed by atoms with Crippen molar-refractivity contribution in [1.82, 2.24) is 19.7 Å². The zero-order valence-electron chi connectivity index (χ0n) is 17.2. The van der Waals surface area contributed by atoms with E-state index < -0.39 is 0 Å². The van der Waals surface area contributed by atoms with Crippen molar-refractivity contribution in [3.8, 4) is 5.75 Å². The number of amides is 3. The fraction of sp³-hybridized carbons (Fsp3) is 0.409. The molecule has 0 atom stereocenters. The fourth-order valence-corrected chi connectivity index (χ4v) is 3.90. The van der Waals surface area contributed by atoms with Crippen LogP contribution < -0.4 is 9.64 Å². The van der Waals surface area contributed by atoms with Crippen LogP contribution in [0.15, 0.2) is 48.8 Å². The quantitative estimate of drug-likeness (QED) is 0.726. The summed E-state index contributed by atoms with van der Waals surface area (Å²) in [5, 5.41) is 0. The van der Waals surface area contributed by atoms with Gasteiger partial charge in [0.25, 0.3) is 0 Å². The first-order valence-electron chi connectivity index (χ1n) is 10.2. The molecule has 0 N–H and O–H groups in total. The van der Waals surface area contributed by atoms with E-state index in [9.17, 15) is 9.59 Å². The summed E-state index contributed by atoms with van der Waals surface area (Å²) in [5.41, 5.74) is 2.05. The van der Waals surface area contributed by atoms with Gasteiger partial charge in [0, 0.05) is 63.9 Å². The Hall–Kier alpha value is -3.13. The van der Waals surface area contributed by atoms with Crippen molar-refractivity contribution in [1.29, 1.82) is 0 Å². The van der Waals surface area contributed by atoms with Crippen molar-refractivity contribution in [3.05, 3.63) is 54.4 Å². The Morgan fingerprint density at radius 1 is 0.967 bits per heavy atom. The van der Waals surface area contributed by atoms with Gasteiger partial charge in [-0.1, -0.05) is 0 Å². The van der Waals surface area contributed by atoms with Gasteiger partial charge in [0.1, 0.15) is 12.3 Å². The second-order valence-corrected chi connectivity index (χ2v) is 7.57. The lowest BCUT2D eigenvalue weighted by molar-refractivity contribution is -0.133. The van der Waals surface area contributed by atoms with Crippen LogP contribution >= 0.6 is 0 Å². The number of ether oxygens (including phenoxy) is 1. The van der Waals surface area contributed by atoms with E-state index in [4.69, 9.17) is 4.74 Å². The largest absolute Gasteiger partial charge is 0.497 e. The first-order chi connectivity index (χ1) is 14.6. The number of urea groups is 1. The van der Waals surface area contributed by atoms with Crippen LogP contribution in [0.2, 0.25) is 0 Å². The number of nitrogens with zero attached hydrogens (tertiary/aromatic N) is 5. The average molecular weight is 409 g/mol. The van der Waals surface area contributed by atoms with E-state index in [-0.39, 0.29) is 18.5 Å². The molecule has 0 radical (unpaired) electrons. The van der Waals surface area contributed by atoms with Crippen LogP contribution in [0, 0.1) is 0 Å². The van der Waals surface area contributed by atoms with Crippen LogP contribution in [0.3, 0.4) is 0 Å². The van der Waals surface area contributed by atoms with Gasteiger partial charge in [-0.3, -0.25) is 19.6 Å². The first-order valence-corrected chi connectivity index (χ1v) is 10.2. The number of carbonyl (C=O) groups excluding carboxylic acids is 2. The van der Waals surface area contributed by atoms with Crippen LogP contribution in [-0.2, 0) is 11.3 Å². The molecule has 2 saturated heterocycles. The minimum Gasteiger partial charge on any atom is -0.497 e. The Morgan fingerprint density at radius 2 is 1.67 bits per heavy atom. The Balaban J connectivity index is 1.26. The molecule has 0 unspecified atom stereocenters. The van der Waals surface area contributed by atoms with Crippen molar-refractivity contribution in [2.75, 3.05) is 57.8 Å². The summed E-state index contributed by atoms with van der Waals surface area (Å²) < 4.78 is 5.17. The average Bonchev–Trinajstić information content (AvgIpc) is 3.15. The highest BCUT2D eigenvalue weighted by atomic mass is 16.5. The number of piperazine rings is 1. The standard InChI is InChI=1S/C22H27N5O3/c1-30-20-4-2-19(3-5-20)27-15-14-26(22(27)29)17-21(28)25-12-10-24(11-13-25)16-18-6-8-23-9-7-18/h2-9H,10-17H2,1H3. The number of rotatable bonds is 6. The predicted molar refractivity (Wildman–Crippen MR) is 113 cm³/mol. The summed E-state index contributed by atoms with van der Waals surface area (Å²) in [6.45, 7) is 5.18. The first kappa shape index (κ1) is 20.2. The third kappa shape index (κ3) is 4.54. The zero-order chi connectivity index (χ0) is 20.9. The van der Waals surface area contributed by atoms with Crippen molar-refractivity contribution in [2.45, 2.75) is 6.54 Å². The van der Waals surface area contributed by atoms with Gasteiger partial charge >= 0.3 is 6.03 Å². The molecule has 3 amide bonds. The maximum Gasteiger partial charge on any atom is 0.325 e. The number of hydrogen-bond acceptors (Lipinski definition) is 5. The van der Waals surface area contributed by atoms with E-state index in [1.165, 1.54) is 5.56 Å². The number of anilines is 1. The molecule has 158 valence electrons. The van der Waals surface area contributed by atoms with E-state index in [1.807, 2.05) is 41.3 Å². The SMILES string of the molecule is COc1ccc(N2CCN(CC(=O)N3CCN(Cc4ccncc4)CC3)C2=O)cc1. The van der Waals surface area contributed by atoms with Gasteiger partial charge in [0.15, 0.2) is 0 Å². The summed E-state index contributed by atoms with van der Waals surface area (Å²) >= 11 is 0. The van der Waals surface area contributed by atoms with Crippen molar-refractivity contribution >= 4 is 17.6 Å². The van der Waals surface area contributed by atoms with Gasteiger partial charge < -0.3 is 14.5 Å². The highest BCUT2D eigenvalue weighted by Gasteiger charge is 2.32. The molecule has 0 spiro atoms. The Bertz CT molecular complexity index is 866. The number of aromatic nitrogens is 1. The van der Waals surface area contributed by atoms with Crippen molar-refractivity contribution in [3.63, 3.8) is 0 Å². The highest BCUT2D eigenvalue weighted by Crippen LogP contribution is 2.23. The van der Waals surface area contributed by atoms with Crippen LogP contribution in [0.5, 0.6) is 5.75 Å². The molecule has 8 heteroatoms. The molecule has 30 heavy (non-hydrogen) atoms. The topological polar surface area (TPSA) is 69.2 Å². The number of methoxy groups -OCH3 is 1. The molecule has 0 bridgehead atoms. The molecule has 4 rings (SSSR count). The van der Waals surface area contributed by atoms with Gasteiger partial charge in [-0.15, -0.1) is 0 Å². The van der Waals surface area contributed by atoms with Gasteiger partial charge in [0.05, 0.1) is 7.11 Å². The van der Waals surface area contributed by atoms with E-state index in [0.717, 1.165) is 31.1 Å². The summed E-state index contributed by atoms with van der Waals surface area (Å²) in [4.78, 5) is 37.1. The smallest absolute Gasteiger partial charge is 0.325 e. The van der Waals surface area contributed by atoms with Gasteiger partial charge in [-0.05, 0) is 42.0 Å². The molecule has 2 fully saturated rings. The Labute approximate surface area is 176 Å². The van der Waals surface area contributed by atoms with E-state index >= 15 is 0 Å². The molecular formula is C22H27N5O3. The van der Waals surface area contributed by atoms with Gasteiger partial charge in [0.2, 0.25) is 5.91 Å². The predicted octanol–water partition coefficient (Wildman–Crippen LogP) is 1.68. The lowest BCUT2D eigenvalue weighted by Gasteiger charge is -2.35. The zero-order valence-corrected chi connectivity index (χ0v) is 17.2. The van der Waals surface area contributed by atoms with Crippen LogP contribution in [0.25, 0.3) is 0 Å². The van der Waals surface area contributed by atoms with E-state index in [2.05, 4.69) is 9.88 Å². The Morgan fingerprint density at radius 3 is 2.33 bits per heavy atom. The lowest BCUT2D eigenvalue weighted by Crippen LogP contribution is -2.51. The summed E-state index contributed by atoms with van der Waals surface area (Å²) in [6.07, 6.45) is 3.61. The minimum atomic E-state index is -0.121. The molecule has 0 saturated carbocycles. The fourth-order valence-electron chi connectivity index (χ4n) is 3.90. The second kappa shape index (κ2) is 9.13. The maximum atomic E-state index is 12.8. The summed E-state index contributed by atoms with van der Waals surface area (Å²) in [6, 6.07) is 11.3. The molecule has 8 nitrogen and oxygen atoms in total. The van der Waals surface area contributed by atoms with Crippen LogP contribution in [0.1, 0.15) is 5.56 Å². The van der Waals surface area contributed by atoms with Crippen LogP contribution in [-0.4, -0.2) is 84.5 Å². The van der Waals surface area contributed by atoms with Crippen molar-refractivity contribution in [2.24, 2.45) is 0 Å². The van der Waals surface area contributed by atoms with E-state index in [0.29, 0.717) is 26.2 Å². The molecule has 1 aromatic carbocycles. The van der Waals surface area contributed by atoms with Gasteiger partial charge in [-0.25, -0.2) is 4.79 Å². The van der Waals surface area contributed by atoms with Crippen molar-refractivity contribution < 1.29 is 14.3 Å². The third-order valence-electron chi connectivity index (χ3n) is 5.69. The Kier molecular flexibility index (Phi) is 6.13. The third-order valence-corrected chi connectivity index (χ3v) is 5.69. The highest BCUT2D eigenvalue weighted by molar-refractivity contribution is 5.96. The molecule has 1 aromatic heterocycles. The summed E-state index contributed by atoms with van der Waals surface area (Å²) in [5.74, 6) is 0.768. The molecular weight excluding hydrogens is 382 g/mol. The van der Waals surface area contributed by atoms with Crippen LogP contribution in [0.4, 0.5) is 10.5 Å². The lowest BCUT2D eigenvalue weighted by atomic mass is 10.2. The number of carbonyl (C=O) groups is 2.